The van der Waals surface area contributed by atoms with Crippen LogP contribution < -0.4 is 5.32 Å². The van der Waals surface area contributed by atoms with Crippen LogP contribution in [0.3, 0.4) is 0 Å². The third kappa shape index (κ3) is 1.31. The van der Waals surface area contributed by atoms with Crippen molar-refractivity contribution in [2.75, 3.05) is 24.7 Å². The quantitative estimate of drug-likeness (QED) is 0.555. The van der Waals surface area contributed by atoms with Crippen LogP contribution in [-0.4, -0.2) is 36.8 Å². The van der Waals surface area contributed by atoms with Crippen LogP contribution in [0.25, 0.3) is 0 Å². The molecule has 2 nitrogen and oxygen atoms in total. The second kappa shape index (κ2) is 3.11. The number of thioether (sulfide) groups is 1. The van der Waals surface area contributed by atoms with Crippen LogP contribution >= 0.6 is 11.8 Å². The predicted molar refractivity (Wildman–Crippen MR) is 43.5 cm³/mol. The maximum Gasteiger partial charge on any atom is 0.0826 e. The average molecular weight is 159 g/mol. The smallest absolute Gasteiger partial charge is 0.0826 e. The Morgan fingerprint density at radius 3 is 3.40 bits per heavy atom. The summed E-state index contributed by atoms with van der Waals surface area (Å²) >= 11 is 2.00. The Bertz CT molecular complexity index is 108. The van der Waals surface area contributed by atoms with Crippen LogP contribution in [0.5, 0.6) is 0 Å². The van der Waals surface area contributed by atoms with Gasteiger partial charge in [0.25, 0.3) is 0 Å². The van der Waals surface area contributed by atoms with Crippen molar-refractivity contribution in [3.8, 4) is 0 Å². The van der Waals surface area contributed by atoms with Crippen molar-refractivity contribution in [3.05, 3.63) is 0 Å². The summed E-state index contributed by atoms with van der Waals surface area (Å²) < 4.78 is 5.64. The van der Waals surface area contributed by atoms with Gasteiger partial charge in [0.2, 0.25) is 0 Å². The lowest BCUT2D eigenvalue weighted by atomic mass is 10.2. The second-order valence-electron chi connectivity index (χ2n) is 2.86. The molecule has 0 bridgehead atoms. The van der Waals surface area contributed by atoms with Gasteiger partial charge in [-0.25, -0.2) is 0 Å². The van der Waals surface area contributed by atoms with Crippen LogP contribution in [0.2, 0.25) is 0 Å². The standard InChI is InChI=1S/C7H13NOS/c1-2-8-6-4-10-5-7(6)9-3-1/h6-8H,1-5H2. The van der Waals surface area contributed by atoms with Gasteiger partial charge in [0.05, 0.1) is 6.10 Å². The normalized spacial score (nSPS) is 40.8. The van der Waals surface area contributed by atoms with E-state index >= 15 is 0 Å². The van der Waals surface area contributed by atoms with Gasteiger partial charge >= 0.3 is 0 Å². The predicted octanol–water partition coefficient (Wildman–Crippen LogP) is 0.480. The molecule has 0 aromatic heterocycles. The minimum absolute atomic E-state index is 0.507. The summed E-state index contributed by atoms with van der Waals surface area (Å²) in [5, 5.41) is 3.50. The lowest BCUT2D eigenvalue weighted by molar-refractivity contribution is 0.0691. The van der Waals surface area contributed by atoms with E-state index in [4.69, 9.17) is 4.74 Å². The van der Waals surface area contributed by atoms with Gasteiger partial charge in [-0.3, -0.25) is 0 Å². The molecule has 58 valence electrons. The average Bonchev–Trinajstić information content (AvgIpc) is 2.28. The molecule has 1 N–H and O–H groups in total. The number of rotatable bonds is 0. The zero-order chi connectivity index (χ0) is 6.81. The minimum Gasteiger partial charge on any atom is -0.376 e. The van der Waals surface area contributed by atoms with Crippen molar-refractivity contribution in [2.24, 2.45) is 0 Å². The van der Waals surface area contributed by atoms with E-state index < -0.39 is 0 Å². The lowest BCUT2D eigenvalue weighted by Gasteiger charge is -2.14. The third-order valence-corrected chi connectivity index (χ3v) is 3.25. The van der Waals surface area contributed by atoms with Crippen molar-refractivity contribution >= 4 is 11.8 Å². The Labute approximate surface area is 65.7 Å². The molecule has 3 heteroatoms. The molecule has 0 saturated carbocycles. The van der Waals surface area contributed by atoms with Crippen molar-refractivity contribution < 1.29 is 4.74 Å². The largest absolute Gasteiger partial charge is 0.376 e. The topological polar surface area (TPSA) is 21.3 Å². The highest BCUT2D eigenvalue weighted by molar-refractivity contribution is 7.99. The highest BCUT2D eigenvalue weighted by Gasteiger charge is 2.29. The van der Waals surface area contributed by atoms with E-state index in [0.717, 1.165) is 13.2 Å². The summed E-state index contributed by atoms with van der Waals surface area (Å²) in [5.41, 5.74) is 0. The molecular weight excluding hydrogens is 146 g/mol. The van der Waals surface area contributed by atoms with E-state index in [1.165, 1.54) is 17.9 Å². The Morgan fingerprint density at radius 1 is 1.40 bits per heavy atom. The zero-order valence-corrected chi connectivity index (χ0v) is 6.82. The molecule has 0 spiro atoms. The summed E-state index contributed by atoms with van der Waals surface area (Å²) in [6, 6.07) is 0.646. The monoisotopic (exact) mass is 159 g/mol. The van der Waals surface area contributed by atoms with E-state index in [0.29, 0.717) is 12.1 Å². The minimum atomic E-state index is 0.507. The summed E-state index contributed by atoms with van der Waals surface area (Å²) in [6.07, 6.45) is 1.69. The number of hydrogen-bond donors (Lipinski definition) is 1. The summed E-state index contributed by atoms with van der Waals surface area (Å²) in [5.74, 6) is 2.43. The summed E-state index contributed by atoms with van der Waals surface area (Å²) in [4.78, 5) is 0. The molecule has 2 rings (SSSR count). The van der Waals surface area contributed by atoms with E-state index in [-0.39, 0.29) is 0 Å². The van der Waals surface area contributed by atoms with Crippen LogP contribution in [0, 0.1) is 0 Å². The second-order valence-corrected chi connectivity index (χ2v) is 3.94. The Hall–Kier alpha value is 0.270. The number of fused-ring (bicyclic) bond motifs is 1. The number of nitrogens with one attached hydrogen (secondary N) is 1. The first kappa shape index (κ1) is 6.95. The highest BCUT2D eigenvalue weighted by Crippen LogP contribution is 2.22. The third-order valence-electron chi connectivity index (χ3n) is 2.09. The SMILES string of the molecule is C1CNC2CSCC2OC1. The fourth-order valence-electron chi connectivity index (χ4n) is 1.48. The molecule has 0 aliphatic carbocycles. The van der Waals surface area contributed by atoms with Gasteiger partial charge in [-0.15, -0.1) is 0 Å². The Kier molecular flexibility index (Phi) is 2.16. The van der Waals surface area contributed by atoms with Crippen molar-refractivity contribution in [1.29, 1.82) is 0 Å². The molecule has 2 aliphatic heterocycles. The van der Waals surface area contributed by atoms with Crippen molar-refractivity contribution in [2.45, 2.75) is 18.6 Å². The zero-order valence-electron chi connectivity index (χ0n) is 6.01. The molecule has 2 atom stereocenters. The molecule has 0 aromatic rings. The van der Waals surface area contributed by atoms with Crippen LogP contribution in [-0.2, 0) is 4.74 Å². The van der Waals surface area contributed by atoms with Gasteiger partial charge in [-0.05, 0) is 13.0 Å². The van der Waals surface area contributed by atoms with E-state index in [1.54, 1.807) is 0 Å². The Balaban J connectivity index is 1.95. The molecule has 2 aliphatic rings. The summed E-state index contributed by atoms with van der Waals surface area (Å²) in [7, 11) is 0. The first-order valence-electron chi connectivity index (χ1n) is 3.89. The van der Waals surface area contributed by atoms with Gasteiger partial charge in [-0.2, -0.15) is 11.8 Å². The molecule has 2 fully saturated rings. The molecule has 2 unspecified atom stereocenters. The van der Waals surface area contributed by atoms with Crippen LogP contribution in [0.4, 0.5) is 0 Å². The van der Waals surface area contributed by atoms with Crippen molar-refractivity contribution in [3.63, 3.8) is 0 Å². The lowest BCUT2D eigenvalue weighted by Crippen LogP contribution is -2.37. The van der Waals surface area contributed by atoms with Gasteiger partial charge in [0.1, 0.15) is 0 Å². The fourth-order valence-corrected chi connectivity index (χ4v) is 2.77. The molecular formula is C7H13NOS. The van der Waals surface area contributed by atoms with E-state index in [9.17, 15) is 0 Å². The van der Waals surface area contributed by atoms with Gasteiger partial charge in [0, 0.05) is 24.2 Å². The molecule has 0 aromatic carbocycles. The van der Waals surface area contributed by atoms with Crippen LogP contribution in [0.15, 0.2) is 0 Å². The van der Waals surface area contributed by atoms with Gasteiger partial charge in [-0.1, -0.05) is 0 Å². The summed E-state index contributed by atoms with van der Waals surface area (Å²) in [6.45, 7) is 2.09. The number of ether oxygens (including phenoxy) is 1. The molecule has 2 heterocycles. The fraction of sp³-hybridized carbons (Fsp3) is 1.00. The van der Waals surface area contributed by atoms with Crippen molar-refractivity contribution in [1.82, 2.24) is 5.32 Å². The first-order valence-corrected chi connectivity index (χ1v) is 5.05. The van der Waals surface area contributed by atoms with Crippen LogP contribution in [0.1, 0.15) is 6.42 Å². The molecule has 10 heavy (non-hydrogen) atoms. The Morgan fingerprint density at radius 2 is 2.40 bits per heavy atom. The maximum atomic E-state index is 5.64. The number of hydrogen-bond acceptors (Lipinski definition) is 3. The van der Waals surface area contributed by atoms with Gasteiger partial charge in [0.15, 0.2) is 0 Å². The molecule has 0 radical (unpaired) electrons. The van der Waals surface area contributed by atoms with Gasteiger partial charge < -0.3 is 10.1 Å². The molecule has 0 amide bonds. The molecule has 2 saturated heterocycles. The van der Waals surface area contributed by atoms with E-state index in [1.807, 2.05) is 11.8 Å². The van der Waals surface area contributed by atoms with E-state index in [2.05, 4.69) is 5.32 Å². The first-order chi connectivity index (χ1) is 4.97. The maximum absolute atomic E-state index is 5.64. The highest BCUT2D eigenvalue weighted by atomic mass is 32.2.